The Kier molecular flexibility index (Phi) is 7.31. The number of piperidine rings is 2. The summed E-state index contributed by atoms with van der Waals surface area (Å²) < 4.78 is 0. The van der Waals surface area contributed by atoms with Crippen molar-refractivity contribution in [2.45, 2.75) is 52.1 Å². The summed E-state index contributed by atoms with van der Waals surface area (Å²) in [6.45, 7) is 10.8. The van der Waals surface area contributed by atoms with Crippen molar-refractivity contribution in [3.8, 4) is 0 Å². The highest BCUT2D eigenvalue weighted by Gasteiger charge is 2.32. The Hall–Kier alpha value is -1.39. The van der Waals surface area contributed by atoms with Gasteiger partial charge in [0.2, 0.25) is 5.91 Å². The zero-order valence-corrected chi connectivity index (χ0v) is 17.4. The highest BCUT2D eigenvalue weighted by atomic mass is 16.2. The maximum atomic E-state index is 12.8. The van der Waals surface area contributed by atoms with Gasteiger partial charge in [0.05, 0.1) is 5.92 Å². The summed E-state index contributed by atoms with van der Waals surface area (Å²) in [5, 5.41) is 0. The van der Waals surface area contributed by atoms with Crippen LogP contribution in [-0.4, -0.2) is 66.4 Å². The van der Waals surface area contributed by atoms with E-state index < -0.39 is 0 Å². The van der Waals surface area contributed by atoms with E-state index >= 15 is 0 Å². The van der Waals surface area contributed by atoms with Crippen LogP contribution in [0, 0.1) is 11.8 Å². The molecule has 2 heterocycles. The third kappa shape index (κ3) is 5.79. The van der Waals surface area contributed by atoms with Crippen molar-refractivity contribution < 1.29 is 4.79 Å². The zero-order chi connectivity index (χ0) is 19.2. The van der Waals surface area contributed by atoms with Crippen molar-refractivity contribution in [2.75, 3.05) is 39.8 Å². The molecular formula is C23H37N3O. The zero-order valence-electron chi connectivity index (χ0n) is 17.4. The molecule has 0 saturated carbocycles. The Morgan fingerprint density at radius 3 is 2.48 bits per heavy atom. The number of carbonyl (C=O) groups is 1. The van der Waals surface area contributed by atoms with E-state index in [2.05, 4.69) is 54.0 Å². The van der Waals surface area contributed by atoms with Crippen LogP contribution in [0.3, 0.4) is 0 Å². The summed E-state index contributed by atoms with van der Waals surface area (Å²) in [7, 11) is 1.98. The lowest BCUT2D eigenvalue weighted by molar-refractivity contribution is -0.137. The minimum atomic E-state index is 0.199. The Morgan fingerprint density at radius 2 is 1.81 bits per heavy atom. The number of carbonyl (C=O) groups excluding carboxylic acids is 1. The normalized spacial score (nSPS) is 22.9. The average molecular weight is 372 g/mol. The van der Waals surface area contributed by atoms with Crippen molar-refractivity contribution >= 4 is 5.91 Å². The molecule has 0 bridgehead atoms. The fourth-order valence-corrected chi connectivity index (χ4v) is 4.77. The fraction of sp³-hybridized carbons (Fsp3) is 0.696. The number of benzene rings is 1. The summed E-state index contributed by atoms with van der Waals surface area (Å²) in [4.78, 5) is 20.0. The lowest BCUT2D eigenvalue weighted by atomic mass is 9.92. The molecule has 2 aliphatic rings. The standard InChI is InChI=1S/C23H37N3O/c1-19(2)16-24(3)23(27)21-10-7-13-26(18-21)22-11-14-25(15-12-22)17-20-8-5-4-6-9-20/h4-6,8-9,19,21-22H,7,10-18H2,1-3H3. The largest absolute Gasteiger partial charge is 0.345 e. The van der Waals surface area contributed by atoms with Gasteiger partial charge in [-0.15, -0.1) is 0 Å². The lowest BCUT2D eigenvalue weighted by Crippen LogP contribution is -2.51. The molecular weight excluding hydrogens is 334 g/mol. The molecule has 0 spiro atoms. The second-order valence-electron chi connectivity index (χ2n) is 8.94. The Balaban J connectivity index is 1.47. The number of likely N-dealkylation sites (tertiary alicyclic amines) is 2. The van der Waals surface area contributed by atoms with Gasteiger partial charge in [0.15, 0.2) is 0 Å². The molecule has 0 radical (unpaired) electrons. The summed E-state index contributed by atoms with van der Waals surface area (Å²) in [5.41, 5.74) is 1.41. The van der Waals surface area contributed by atoms with Crippen LogP contribution in [0.25, 0.3) is 0 Å². The highest BCUT2D eigenvalue weighted by Crippen LogP contribution is 2.25. The van der Waals surface area contributed by atoms with Gasteiger partial charge < -0.3 is 4.90 Å². The summed E-state index contributed by atoms with van der Waals surface area (Å²) in [6, 6.07) is 11.4. The molecule has 3 rings (SSSR count). The van der Waals surface area contributed by atoms with Crippen LogP contribution in [0.5, 0.6) is 0 Å². The van der Waals surface area contributed by atoms with E-state index in [9.17, 15) is 4.79 Å². The van der Waals surface area contributed by atoms with Crippen molar-refractivity contribution in [1.29, 1.82) is 0 Å². The summed E-state index contributed by atoms with van der Waals surface area (Å²) >= 11 is 0. The van der Waals surface area contributed by atoms with E-state index in [1.165, 1.54) is 38.0 Å². The van der Waals surface area contributed by atoms with Gasteiger partial charge in [0.25, 0.3) is 0 Å². The average Bonchev–Trinajstić information content (AvgIpc) is 2.68. The van der Waals surface area contributed by atoms with Crippen LogP contribution in [0.15, 0.2) is 30.3 Å². The van der Waals surface area contributed by atoms with Gasteiger partial charge in [-0.05, 0) is 56.8 Å². The maximum absolute atomic E-state index is 12.8. The first-order valence-corrected chi connectivity index (χ1v) is 10.8. The first kappa shape index (κ1) is 20.3. The van der Waals surface area contributed by atoms with Crippen molar-refractivity contribution in [1.82, 2.24) is 14.7 Å². The minimum Gasteiger partial charge on any atom is -0.345 e. The van der Waals surface area contributed by atoms with E-state index in [0.29, 0.717) is 17.9 Å². The number of hydrogen-bond donors (Lipinski definition) is 0. The van der Waals surface area contributed by atoms with Crippen LogP contribution < -0.4 is 0 Å². The van der Waals surface area contributed by atoms with Gasteiger partial charge in [-0.25, -0.2) is 0 Å². The predicted octanol–water partition coefficient (Wildman–Crippen LogP) is 3.48. The first-order chi connectivity index (χ1) is 13.0. The summed E-state index contributed by atoms with van der Waals surface area (Å²) in [6.07, 6.45) is 4.69. The van der Waals surface area contributed by atoms with Gasteiger partial charge in [0, 0.05) is 32.7 Å². The van der Waals surface area contributed by atoms with Crippen molar-refractivity contribution in [2.24, 2.45) is 11.8 Å². The molecule has 2 saturated heterocycles. The molecule has 4 heteroatoms. The van der Waals surface area contributed by atoms with Gasteiger partial charge in [-0.1, -0.05) is 44.2 Å². The molecule has 1 aromatic rings. The molecule has 1 unspecified atom stereocenters. The Morgan fingerprint density at radius 1 is 1.11 bits per heavy atom. The molecule has 27 heavy (non-hydrogen) atoms. The molecule has 2 fully saturated rings. The monoisotopic (exact) mass is 371 g/mol. The molecule has 2 aliphatic heterocycles. The van der Waals surface area contributed by atoms with Crippen molar-refractivity contribution in [3.05, 3.63) is 35.9 Å². The van der Waals surface area contributed by atoms with E-state index in [1.807, 2.05) is 11.9 Å². The van der Waals surface area contributed by atoms with Crippen LogP contribution >= 0.6 is 0 Å². The van der Waals surface area contributed by atoms with Gasteiger partial charge in [0.1, 0.15) is 0 Å². The van der Waals surface area contributed by atoms with Crippen LogP contribution in [0.4, 0.5) is 0 Å². The molecule has 0 aliphatic carbocycles. The predicted molar refractivity (Wildman–Crippen MR) is 112 cm³/mol. The van der Waals surface area contributed by atoms with Gasteiger partial charge in [-0.3, -0.25) is 14.6 Å². The summed E-state index contributed by atoms with van der Waals surface area (Å²) in [5.74, 6) is 1.09. The van der Waals surface area contributed by atoms with Crippen molar-refractivity contribution in [3.63, 3.8) is 0 Å². The molecule has 4 nitrogen and oxygen atoms in total. The molecule has 0 N–H and O–H groups in total. The quantitative estimate of drug-likeness (QED) is 0.766. The van der Waals surface area contributed by atoms with Gasteiger partial charge >= 0.3 is 0 Å². The molecule has 1 aromatic carbocycles. The first-order valence-electron chi connectivity index (χ1n) is 10.8. The maximum Gasteiger partial charge on any atom is 0.226 e. The Bertz CT molecular complexity index is 581. The third-order valence-electron chi connectivity index (χ3n) is 6.14. The fourth-order valence-electron chi connectivity index (χ4n) is 4.77. The number of hydrogen-bond acceptors (Lipinski definition) is 3. The van der Waals surface area contributed by atoms with E-state index in [0.717, 1.165) is 32.5 Å². The van der Waals surface area contributed by atoms with Crippen LogP contribution in [0.2, 0.25) is 0 Å². The molecule has 150 valence electrons. The van der Waals surface area contributed by atoms with Crippen LogP contribution in [-0.2, 0) is 11.3 Å². The molecule has 1 amide bonds. The highest BCUT2D eigenvalue weighted by molar-refractivity contribution is 5.78. The number of nitrogens with zero attached hydrogens (tertiary/aromatic N) is 3. The lowest BCUT2D eigenvalue weighted by Gasteiger charge is -2.42. The topological polar surface area (TPSA) is 26.8 Å². The van der Waals surface area contributed by atoms with Gasteiger partial charge in [-0.2, -0.15) is 0 Å². The molecule has 0 aromatic heterocycles. The van der Waals surface area contributed by atoms with E-state index in [-0.39, 0.29) is 5.92 Å². The second-order valence-corrected chi connectivity index (χ2v) is 8.94. The smallest absolute Gasteiger partial charge is 0.226 e. The Labute approximate surface area is 165 Å². The molecule has 1 atom stereocenters. The van der Waals surface area contributed by atoms with Crippen LogP contribution in [0.1, 0.15) is 45.1 Å². The third-order valence-corrected chi connectivity index (χ3v) is 6.14. The minimum absolute atomic E-state index is 0.199. The SMILES string of the molecule is CC(C)CN(C)C(=O)C1CCCN(C2CCN(Cc3ccccc3)CC2)C1. The number of amides is 1. The number of rotatable bonds is 6. The van der Waals surface area contributed by atoms with E-state index in [1.54, 1.807) is 0 Å². The second kappa shape index (κ2) is 9.70. The van der Waals surface area contributed by atoms with E-state index in [4.69, 9.17) is 0 Å².